The lowest BCUT2D eigenvalue weighted by Crippen LogP contribution is -2.38. The van der Waals surface area contributed by atoms with E-state index in [2.05, 4.69) is 35.0 Å². The van der Waals surface area contributed by atoms with Crippen molar-refractivity contribution < 1.29 is 9.53 Å². The number of rotatable bonds is 6. The van der Waals surface area contributed by atoms with E-state index < -0.39 is 0 Å². The van der Waals surface area contributed by atoms with Crippen molar-refractivity contribution in [2.75, 3.05) is 38.2 Å². The maximum atomic E-state index is 11.9. The summed E-state index contributed by atoms with van der Waals surface area (Å²) in [6, 6.07) is 7.99. The second-order valence-corrected chi connectivity index (χ2v) is 6.62. The van der Waals surface area contributed by atoms with Crippen molar-refractivity contribution in [1.29, 1.82) is 0 Å². The van der Waals surface area contributed by atoms with Crippen molar-refractivity contribution in [3.63, 3.8) is 0 Å². The molecule has 0 aliphatic carbocycles. The van der Waals surface area contributed by atoms with Gasteiger partial charge in [0.05, 0.1) is 19.8 Å². The van der Waals surface area contributed by atoms with Crippen molar-refractivity contribution in [3.8, 4) is 0 Å². The Labute approximate surface area is 178 Å². The minimum Gasteiger partial charge on any atom is -0.377 e. The zero-order chi connectivity index (χ0) is 18.2. The zero-order valence-corrected chi connectivity index (χ0v) is 18.1. The number of benzene rings is 1. The number of halogens is 1. The SMILES string of the molecule is CCNC(=NCC1CC(=O)Nc2ccccc21)NCCC1=CCOCC1.I. The van der Waals surface area contributed by atoms with Gasteiger partial charge >= 0.3 is 0 Å². The molecule has 0 radical (unpaired) electrons. The number of guanidine groups is 1. The molecule has 2 aliphatic heterocycles. The number of hydrogen-bond donors (Lipinski definition) is 3. The number of nitrogens with zero attached hydrogens (tertiary/aromatic N) is 1. The van der Waals surface area contributed by atoms with Gasteiger partial charge in [-0.25, -0.2) is 0 Å². The fraction of sp³-hybridized carbons (Fsp3) is 0.500. The van der Waals surface area contributed by atoms with Gasteiger partial charge in [-0.2, -0.15) is 0 Å². The van der Waals surface area contributed by atoms with Gasteiger partial charge < -0.3 is 20.7 Å². The van der Waals surface area contributed by atoms with Gasteiger partial charge in [0.2, 0.25) is 5.91 Å². The summed E-state index contributed by atoms with van der Waals surface area (Å²) in [7, 11) is 0. The number of anilines is 1. The summed E-state index contributed by atoms with van der Waals surface area (Å²) in [5.41, 5.74) is 3.52. The number of hydrogen-bond acceptors (Lipinski definition) is 3. The van der Waals surface area contributed by atoms with E-state index in [4.69, 9.17) is 9.73 Å². The van der Waals surface area contributed by atoms with Crippen molar-refractivity contribution in [1.82, 2.24) is 10.6 Å². The molecule has 0 aromatic heterocycles. The van der Waals surface area contributed by atoms with E-state index in [0.29, 0.717) is 13.0 Å². The number of fused-ring (bicyclic) bond motifs is 1. The standard InChI is InChI=1S/C20H28N4O2.HI/c1-2-21-20(22-10-7-15-8-11-26-12-9-15)23-14-16-13-19(25)24-18-6-4-3-5-17(16)18;/h3-6,8,16H,2,7,9-14H2,1H3,(H,24,25)(H2,21,22,23);1H. The molecule has 1 unspecified atom stereocenters. The maximum Gasteiger partial charge on any atom is 0.225 e. The first-order valence-corrected chi connectivity index (χ1v) is 9.43. The number of carbonyl (C=O) groups is 1. The molecule has 3 N–H and O–H groups in total. The van der Waals surface area contributed by atoms with Gasteiger partial charge in [0.15, 0.2) is 5.96 Å². The average Bonchev–Trinajstić information content (AvgIpc) is 2.66. The van der Waals surface area contributed by atoms with Crippen LogP contribution in [0.15, 0.2) is 40.9 Å². The molecular formula is C20H29IN4O2. The molecular weight excluding hydrogens is 455 g/mol. The summed E-state index contributed by atoms with van der Waals surface area (Å²) in [4.78, 5) is 16.7. The summed E-state index contributed by atoms with van der Waals surface area (Å²) < 4.78 is 5.34. The van der Waals surface area contributed by atoms with Crippen LogP contribution < -0.4 is 16.0 Å². The molecule has 1 atom stereocenters. The third kappa shape index (κ3) is 6.49. The van der Waals surface area contributed by atoms with Crippen LogP contribution in [0, 0.1) is 0 Å². The van der Waals surface area contributed by atoms with Gasteiger partial charge in [-0.1, -0.05) is 29.8 Å². The highest BCUT2D eigenvalue weighted by atomic mass is 127. The number of carbonyl (C=O) groups excluding carboxylic acids is 1. The van der Waals surface area contributed by atoms with E-state index in [0.717, 1.165) is 50.8 Å². The van der Waals surface area contributed by atoms with Crippen LogP contribution in [0.2, 0.25) is 0 Å². The molecule has 0 bridgehead atoms. The van der Waals surface area contributed by atoms with Crippen LogP contribution in [0.1, 0.15) is 37.7 Å². The first-order chi connectivity index (χ1) is 12.8. The zero-order valence-electron chi connectivity index (χ0n) is 15.8. The molecule has 0 saturated carbocycles. The van der Waals surface area contributed by atoms with E-state index >= 15 is 0 Å². The number of aliphatic imine (C=N–C) groups is 1. The van der Waals surface area contributed by atoms with Gasteiger partial charge in [-0.05, 0) is 31.4 Å². The third-order valence-electron chi connectivity index (χ3n) is 4.72. The average molecular weight is 484 g/mol. The van der Waals surface area contributed by atoms with Gasteiger partial charge in [0.1, 0.15) is 0 Å². The van der Waals surface area contributed by atoms with E-state index in [1.807, 2.05) is 18.2 Å². The Bertz CT molecular complexity index is 690. The Morgan fingerprint density at radius 1 is 1.33 bits per heavy atom. The van der Waals surface area contributed by atoms with Gasteiger partial charge in [0, 0.05) is 31.1 Å². The van der Waals surface area contributed by atoms with Crippen molar-refractivity contribution in [2.24, 2.45) is 4.99 Å². The van der Waals surface area contributed by atoms with Crippen LogP contribution in [0.3, 0.4) is 0 Å². The second-order valence-electron chi connectivity index (χ2n) is 6.62. The molecule has 6 nitrogen and oxygen atoms in total. The second kappa shape index (κ2) is 11.3. The molecule has 0 fully saturated rings. The number of para-hydroxylation sites is 1. The lowest BCUT2D eigenvalue weighted by atomic mass is 9.91. The van der Waals surface area contributed by atoms with Crippen LogP contribution in [0.5, 0.6) is 0 Å². The quantitative estimate of drug-likeness (QED) is 0.251. The monoisotopic (exact) mass is 484 g/mol. The van der Waals surface area contributed by atoms with Gasteiger partial charge in [0.25, 0.3) is 0 Å². The van der Waals surface area contributed by atoms with Crippen LogP contribution in [-0.2, 0) is 9.53 Å². The third-order valence-corrected chi connectivity index (χ3v) is 4.72. The van der Waals surface area contributed by atoms with Gasteiger partial charge in [-0.3, -0.25) is 9.79 Å². The minimum atomic E-state index is 0. The number of nitrogens with one attached hydrogen (secondary N) is 3. The predicted octanol–water partition coefficient (Wildman–Crippen LogP) is 3.02. The molecule has 2 heterocycles. The molecule has 2 aliphatic rings. The lowest BCUT2D eigenvalue weighted by Gasteiger charge is -2.24. The largest absolute Gasteiger partial charge is 0.377 e. The molecule has 0 spiro atoms. The fourth-order valence-corrected chi connectivity index (χ4v) is 3.34. The first kappa shape index (κ1) is 21.7. The highest BCUT2D eigenvalue weighted by Gasteiger charge is 2.24. The fourth-order valence-electron chi connectivity index (χ4n) is 3.34. The maximum absolute atomic E-state index is 11.9. The highest BCUT2D eigenvalue weighted by Crippen LogP contribution is 2.31. The lowest BCUT2D eigenvalue weighted by molar-refractivity contribution is -0.116. The van der Waals surface area contributed by atoms with E-state index in [-0.39, 0.29) is 35.8 Å². The van der Waals surface area contributed by atoms with Crippen LogP contribution >= 0.6 is 24.0 Å². The topological polar surface area (TPSA) is 74.8 Å². The van der Waals surface area contributed by atoms with Crippen molar-refractivity contribution in [3.05, 3.63) is 41.5 Å². The molecule has 1 aromatic rings. The minimum absolute atomic E-state index is 0. The summed E-state index contributed by atoms with van der Waals surface area (Å²) in [6.07, 6.45) is 4.67. The summed E-state index contributed by atoms with van der Waals surface area (Å²) >= 11 is 0. The molecule has 148 valence electrons. The summed E-state index contributed by atoms with van der Waals surface area (Å²) in [5.74, 6) is 0.991. The van der Waals surface area contributed by atoms with E-state index in [9.17, 15) is 4.79 Å². The summed E-state index contributed by atoms with van der Waals surface area (Å²) in [5, 5.41) is 9.63. The molecule has 3 rings (SSSR count). The Hall–Kier alpha value is -1.61. The predicted molar refractivity (Wildman–Crippen MR) is 120 cm³/mol. The summed E-state index contributed by atoms with van der Waals surface area (Å²) in [6.45, 7) is 5.86. The Morgan fingerprint density at radius 3 is 2.96 bits per heavy atom. The first-order valence-electron chi connectivity index (χ1n) is 9.43. The van der Waals surface area contributed by atoms with Gasteiger partial charge in [-0.15, -0.1) is 24.0 Å². The van der Waals surface area contributed by atoms with Crippen molar-refractivity contribution in [2.45, 2.75) is 32.1 Å². The van der Waals surface area contributed by atoms with E-state index in [1.165, 1.54) is 11.1 Å². The Kier molecular flexibility index (Phi) is 9.06. The number of amides is 1. The molecule has 1 amide bonds. The van der Waals surface area contributed by atoms with Crippen LogP contribution in [0.4, 0.5) is 5.69 Å². The Balaban J connectivity index is 0.00000261. The smallest absolute Gasteiger partial charge is 0.225 e. The molecule has 27 heavy (non-hydrogen) atoms. The van der Waals surface area contributed by atoms with Crippen LogP contribution in [-0.4, -0.2) is 44.7 Å². The molecule has 1 aromatic carbocycles. The highest BCUT2D eigenvalue weighted by molar-refractivity contribution is 14.0. The molecule has 0 saturated heterocycles. The Morgan fingerprint density at radius 2 is 2.19 bits per heavy atom. The molecule has 7 heteroatoms. The normalized spacial score (nSPS) is 19.3. The van der Waals surface area contributed by atoms with E-state index in [1.54, 1.807) is 0 Å². The van der Waals surface area contributed by atoms with Crippen molar-refractivity contribution >= 4 is 41.5 Å². The number of ether oxygens (including phenoxy) is 1. The van der Waals surface area contributed by atoms with Crippen LogP contribution in [0.25, 0.3) is 0 Å².